The Labute approximate surface area is 140 Å². The first-order valence-corrected chi connectivity index (χ1v) is 7.76. The van der Waals surface area contributed by atoms with Crippen LogP contribution in [0.25, 0.3) is 6.08 Å². The molecule has 0 aliphatic heterocycles. The fourth-order valence-corrected chi connectivity index (χ4v) is 2.74. The maximum atomic E-state index is 12.5. The number of hydrogen-bond acceptors (Lipinski definition) is 3. The third-order valence-electron chi connectivity index (χ3n) is 4.10. The van der Waals surface area contributed by atoms with E-state index in [1.807, 2.05) is 42.5 Å². The van der Waals surface area contributed by atoms with Crippen molar-refractivity contribution in [2.75, 3.05) is 5.32 Å². The highest BCUT2D eigenvalue weighted by atomic mass is 16.5. The summed E-state index contributed by atoms with van der Waals surface area (Å²) < 4.78 is 0. The van der Waals surface area contributed by atoms with Crippen molar-refractivity contribution in [2.24, 2.45) is 5.92 Å². The molecule has 3 rings (SSSR count). The van der Waals surface area contributed by atoms with Gasteiger partial charge in [-0.1, -0.05) is 48.5 Å². The van der Waals surface area contributed by atoms with E-state index in [2.05, 4.69) is 5.32 Å². The highest BCUT2D eigenvalue weighted by Gasteiger charge is 2.43. The lowest BCUT2D eigenvalue weighted by Crippen LogP contribution is -2.16. The van der Waals surface area contributed by atoms with Gasteiger partial charge in [-0.05, 0) is 35.6 Å². The Bertz CT molecular complexity index is 771. The van der Waals surface area contributed by atoms with Gasteiger partial charge in [0.15, 0.2) is 0 Å². The van der Waals surface area contributed by atoms with E-state index < -0.39 is 5.91 Å². The second-order valence-corrected chi connectivity index (χ2v) is 5.75. The van der Waals surface area contributed by atoms with Gasteiger partial charge in [-0.15, -0.1) is 0 Å². The van der Waals surface area contributed by atoms with Gasteiger partial charge in [0.2, 0.25) is 5.91 Å². The standard InChI is InChI=1S/C19H18N2O3/c22-18(21-24)11-10-14-8-4-5-9-17(14)20-19(23)16-12-15(16)13-6-2-1-3-7-13/h1-11,15-16,24H,12H2,(H,20,23)(H,21,22)/b11-10+/t15-,16?/m1/s1. The molecule has 2 amide bonds. The Balaban J connectivity index is 1.68. The lowest BCUT2D eigenvalue weighted by molar-refractivity contribution is -0.124. The molecule has 1 unspecified atom stereocenters. The van der Waals surface area contributed by atoms with Crippen LogP contribution in [0, 0.1) is 5.92 Å². The fraction of sp³-hybridized carbons (Fsp3) is 0.158. The van der Waals surface area contributed by atoms with Gasteiger partial charge >= 0.3 is 0 Å². The zero-order chi connectivity index (χ0) is 16.9. The number of para-hydroxylation sites is 1. The molecule has 2 aromatic rings. The zero-order valence-corrected chi connectivity index (χ0v) is 13.0. The Kier molecular flexibility index (Phi) is 4.72. The summed E-state index contributed by atoms with van der Waals surface area (Å²) in [7, 11) is 0. The minimum Gasteiger partial charge on any atom is -0.325 e. The Hall–Kier alpha value is -2.92. The van der Waals surface area contributed by atoms with E-state index in [1.165, 1.54) is 17.1 Å². The first-order valence-electron chi connectivity index (χ1n) is 7.76. The number of anilines is 1. The van der Waals surface area contributed by atoms with E-state index in [4.69, 9.17) is 5.21 Å². The molecule has 3 N–H and O–H groups in total. The highest BCUT2D eigenvalue weighted by Crippen LogP contribution is 2.47. The molecule has 0 saturated heterocycles. The van der Waals surface area contributed by atoms with E-state index in [0.29, 0.717) is 11.3 Å². The highest BCUT2D eigenvalue weighted by molar-refractivity contribution is 5.98. The predicted octanol–water partition coefficient (Wildman–Crippen LogP) is 2.95. The van der Waals surface area contributed by atoms with Gasteiger partial charge in [-0.3, -0.25) is 14.8 Å². The minimum atomic E-state index is -0.623. The lowest BCUT2D eigenvalue weighted by atomic mass is 10.1. The number of nitrogens with one attached hydrogen (secondary N) is 2. The number of carbonyl (C=O) groups is 2. The SMILES string of the molecule is O=C(/C=C/c1ccccc1NC(=O)C1C[C@@H]1c1ccccc1)NO. The lowest BCUT2D eigenvalue weighted by Gasteiger charge is -2.08. The van der Waals surface area contributed by atoms with Gasteiger partial charge in [0.1, 0.15) is 0 Å². The molecule has 2 aromatic carbocycles. The molecule has 24 heavy (non-hydrogen) atoms. The third-order valence-corrected chi connectivity index (χ3v) is 4.10. The predicted molar refractivity (Wildman–Crippen MR) is 91.3 cm³/mol. The van der Waals surface area contributed by atoms with Crippen LogP contribution in [0.4, 0.5) is 5.69 Å². The summed E-state index contributed by atoms with van der Waals surface area (Å²) in [5.41, 5.74) is 4.06. The van der Waals surface area contributed by atoms with Crippen LogP contribution >= 0.6 is 0 Å². The number of benzene rings is 2. The van der Waals surface area contributed by atoms with Crippen molar-refractivity contribution in [3.05, 3.63) is 71.8 Å². The second kappa shape index (κ2) is 7.10. The van der Waals surface area contributed by atoms with Crippen LogP contribution in [0.1, 0.15) is 23.5 Å². The molecule has 0 bridgehead atoms. The smallest absolute Gasteiger partial charge is 0.267 e. The van der Waals surface area contributed by atoms with Crippen molar-refractivity contribution < 1.29 is 14.8 Å². The topological polar surface area (TPSA) is 78.4 Å². The van der Waals surface area contributed by atoms with Gasteiger partial charge in [-0.2, -0.15) is 0 Å². The normalized spacial score (nSPS) is 19.0. The number of rotatable bonds is 5. The summed E-state index contributed by atoms with van der Waals surface area (Å²) in [5.74, 6) is -0.391. The summed E-state index contributed by atoms with van der Waals surface area (Å²) in [4.78, 5) is 23.6. The second-order valence-electron chi connectivity index (χ2n) is 5.75. The molecule has 0 spiro atoms. The maximum Gasteiger partial charge on any atom is 0.267 e. The molecule has 0 radical (unpaired) electrons. The van der Waals surface area contributed by atoms with Crippen molar-refractivity contribution >= 4 is 23.6 Å². The number of carbonyl (C=O) groups excluding carboxylic acids is 2. The quantitative estimate of drug-likeness (QED) is 0.450. The van der Waals surface area contributed by atoms with Gasteiger partial charge in [-0.25, -0.2) is 5.48 Å². The third kappa shape index (κ3) is 3.70. The van der Waals surface area contributed by atoms with E-state index in [-0.39, 0.29) is 17.7 Å². The first kappa shape index (κ1) is 16.0. The molecule has 122 valence electrons. The van der Waals surface area contributed by atoms with Gasteiger partial charge in [0.25, 0.3) is 5.91 Å². The summed E-state index contributed by atoms with van der Waals surface area (Å²) in [6.07, 6.45) is 3.60. The molecule has 0 heterocycles. The van der Waals surface area contributed by atoms with Gasteiger partial charge in [0, 0.05) is 17.7 Å². The van der Waals surface area contributed by atoms with Crippen LogP contribution in [0.3, 0.4) is 0 Å². The molecule has 2 atom stereocenters. The Morgan fingerprint density at radius 3 is 2.50 bits per heavy atom. The largest absolute Gasteiger partial charge is 0.325 e. The average molecular weight is 322 g/mol. The molecule has 0 aromatic heterocycles. The zero-order valence-electron chi connectivity index (χ0n) is 13.0. The van der Waals surface area contributed by atoms with Crippen molar-refractivity contribution in [2.45, 2.75) is 12.3 Å². The van der Waals surface area contributed by atoms with E-state index in [1.54, 1.807) is 18.2 Å². The molecule has 1 aliphatic carbocycles. The molecule has 5 heteroatoms. The average Bonchev–Trinajstić information content (AvgIpc) is 3.42. The van der Waals surface area contributed by atoms with Crippen LogP contribution in [0.2, 0.25) is 0 Å². The van der Waals surface area contributed by atoms with E-state index in [0.717, 1.165) is 6.42 Å². The van der Waals surface area contributed by atoms with Crippen LogP contribution in [-0.4, -0.2) is 17.0 Å². The molecule has 1 saturated carbocycles. The maximum absolute atomic E-state index is 12.5. The fourth-order valence-electron chi connectivity index (χ4n) is 2.74. The molecule has 5 nitrogen and oxygen atoms in total. The van der Waals surface area contributed by atoms with Crippen LogP contribution in [0.15, 0.2) is 60.7 Å². The minimum absolute atomic E-state index is 0.0173. The summed E-state index contributed by atoms with van der Waals surface area (Å²) in [6, 6.07) is 17.2. The number of hydroxylamine groups is 1. The number of amides is 2. The van der Waals surface area contributed by atoms with E-state index in [9.17, 15) is 9.59 Å². The van der Waals surface area contributed by atoms with Crippen molar-refractivity contribution in [3.8, 4) is 0 Å². The van der Waals surface area contributed by atoms with Crippen molar-refractivity contribution in [1.29, 1.82) is 0 Å². The molecule has 1 fully saturated rings. The Morgan fingerprint density at radius 1 is 1.04 bits per heavy atom. The monoisotopic (exact) mass is 322 g/mol. The van der Waals surface area contributed by atoms with Gasteiger partial charge < -0.3 is 5.32 Å². The summed E-state index contributed by atoms with van der Waals surface area (Å²) >= 11 is 0. The molecule has 1 aliphatic rings. The number of hydrogen-bond donors (Lipinski definition) is 3. The Morgan fingerprint density at radius 2 is 1.75 bits per heavy atom. The van der Waals surface area contributed by atoms with Crippen LogP contribution in [-0.2, 0) is 9.59 Å². The van der Waals surface area contributed by atoms with Crippen LogP contribution in [0.5, 0.6) is 0 Å². The van der Waals surface area contributed by atoms with Gasteiger partial charge in [0.05, 0.1) is 0 Å². The van der Waals surface area contributed by atoms with Crippen molar-refractivity contribution in [1.82, 2.24) is 5.48 Å². The van der Waals surface area contributed by atoms with Crippen molar-refractivity contribution in [3.63, 3.8) is 0 Å². The molecular formula is C19H18N2O3. The molecular weight excluding hydrogens is 304 g/mol. The van der Waals surface area contributed by atoms with E-state index >= 15 is 0 Å². The van der Waals surface area contributed by atoms with Crippen LogP contribution < -0.4 is 10.8 Å². The first-order chi connectivity index (χ1) is 11.7. The summed E-state index contributed by atoms with van der Waals surface area (Å²) in [5, 5.41) is 11.5. The summed E-state index contributed by atoms with van der Waals surface area (Å²) in [6.45, 7) is 0.